The Labute approximate surface area is 190 Å². The molecular formula is C22H23N3O5S2. The van der Waals surface area contributed by atoms with Gasteiger partial charge in [-0.3, -0.25) is 10.1 Å². The predicted octanol–water partition coefficient (Wildman–Crippen LogP) is 3.86. The molecule has 10 heteroatoms. The van der Waals surface area contributed by atoms with Crippen LogP contribution in [0.4, 0.5) is 5.13 Å². The van der Waals surface area contributed by atoms with E-state index >= 15 is 0 Å². The van der Waals surface area contributed by atoms with E-state index in [9.17, 15) is 13.2 Å². The van der Waals surface area contributed by atoms with E-state index in [0.717, 1.165) is 5.56 Å². The number of benzene rings is 2. The number of thiazole rings is 1. The Balaban J connectivity index is 1.47. The molecule has 8 nitrogen and oxygen atoms in total. The molecule has 32 heavy (non-hydrogen) atoms. The molecule has 0 spiro atoms. The summed E-state index contributed by atoms with van der Waals surface area (Å²) >= 11 is 1.30. The van der Waals surface area contributed by atoms with E-state index < -0.39 is 10.0 Å². The van der Waals surface area contributed by atoms with Crippen molar-refractivity contribution >= 4 is 32.4 Å². The monoisotopic (exact) mass is 473 g/mol. The number of fused-ring (bicyclic) bond motifs is 1. The van der Waals surface area contributed by atoms with Crippen LogP contribution < -0.4 is 14.8 Å². The Bertz CT molecular complexity index is 1240. The molecule has 1 aliphatic rings. The second kappa shape index (κ2) is 8.89. The molecule has 0 aliphatic carbocycles. The lowest BCUT2D eigenvalue weighted by Gasteiger charge is -2.21. The minimum atomic E-state index is -3.60. The van der Waals surface area contributed by atoms with E-state index in [-0.39, 0.29) is 16.8 Å². The highest BCUT2D eigenvalue weighted by atomic mass is 32.2. The summed E-state index contributed by atoms with van der Waals surface area (Å²) in [6.45, 7) is 4.63. The maximum absolute atomic E-state index is 12.6. The number of carbonyl (C=O) groups excluding carboxylic acids is 1. The molecule has 3 aromatic rings. The molecule has 0 fully saturated rings. The maximum Gasteiger partial charge on any atom is 0.257 e. The maximum atomic E-state index is 12.6. The highest BCUT2D eigenvalue weighted by molar-refractivity contribution is 7.89. The van der Waals surface area contributed by atoms with Gasteiger partial charge >= 0.3 is 0 Å². The van der Waals surface area contributed by atoms with Crippen molar-refractivity contribution in [3.05, 3.63) is 53.4 Å². The van der Waals surface area contributed by atoms with Crippen molar-refractivity contribution in [1.82, 2.24) is 9.29 Å². The van der Waals surface area contributed by atoms with Crippen molar-refractivity contribution in [2.75, 3.05) is 25.6 Å². The molecular weight excluding hydrogens is 450 g/mol. The number of nitrogens with zero attached hydrogens (tertiary/aromatic N) is 2. The molecule has 0 radical (unpaired) electrons. The molecule has 1 aromatic heterocycles. The van der Waals surface area contributed by atoms with Gasteiger partial charge in [-0.05, 0) is 56.3 Å². The van der Waals surface area contributed by atoms with Gasteiger partial charge < -0.3 is 9.47 Å². The summed E-state index contributed by atoms with van der Waals surface area (Å²) in [5.41, 5.74) is 1.91. The van der Waals surface area contributed by atoms with Crippen molar-refractivity contribution in [2.24, 2.45) is 0 Å². The quantitative estimate of drug-likeness (QED) is 0.584. The zero-order valence-corrected chi connectivity index (χ0v) is 19.5. The van der Waals surface area contributed by atoms with Gasteiger partial charge in [-0.15, -0.1) is 11.3 Å². The Morgan fingerprint density at radius 1 is 1.09 bits per heavy atom. The van der Waals surface area contributed by atoms with E-state index in [1.807, 2.05) is 23.6 Å². The van der Waals surface area contributed by atoms with Gasteiger partial charge in [0.15, 0.2) is 16.6 Å². The van der Waals surface area contributed by atoms with Crippen LogP contribution in [0.2, 0.25) is 0 Å². The number of anilines is 1. The third-order valence-corrected chi connectivity index (χ3v) is 7.89. The molecule has 0 saturated carbocycles. The molecule has 0 saturated heterocycles. The number of hydrogen-bond acceptors (Lipinski definition) is 7. The van der Waals surface area contributed by atoms with Gasteiger partial charge in [-0.25, -0.2) is 13.4 Å². The van der Waals surface area contributed by atoms with Crippen LogP contribution in [0.1, 0.15) is 24.2 Å². The SMILES string of the molecule is CC(C)N(C)S(=O)(=O)c1ccc(C(=O)Nc2nc(-c3ccc4c(c3)OCCO4)cs2)cc1. The molecule has 1 amide bonds. The second-order valence-corrected chi connectivity index (χ2v) is 10.3. The number of hydrogen-bond donors (Lipinski definition) is 1. The highest BCUT2D eigenvalue weighted by Gasteiger charge is 2.23. The van der Waals surface area contributed by atoms with Gasteiger partial charge in [-0.1, -0.05) is 0 Å². The van der Waals surface area contributed by atoms with E-state index in [1.54, 1.807) is 13.8 Å². The first kappa shape index (κ1) is 22.3. The minimum absolute atomic E-state index is 0.139. The summed E-state index contributed by atoms with van der Waals surface area (Å²) in [5.74, 6) is 1.01. The van der Waals surface area contributed by atoms with Gasteiger partial charge in [0, 0.05) is 29.6 Å². The fraction of sp³-hybridized carbons (Fsp3) is 0.273. The largest absolute Gasteiger partial charge is 0.486 e. The third-order valence-electron chi connectivity index (χ3n) is 5.08. The zero-order valence-electron chi connectivity index (χ0n) is 17.9. The Morgan fingerprint density at radius 2 is 1.78 bits per heavy atom. The molecule has 2 heterocycles. The summed E-state index contributed by atoms with van der Waals surface area (Å²) in [4.78, 5) is 17.2. The summed E-state index contributed by atoms with van der Waals surface area (Å²) in [7, 11) is -2.07. The smallest absolute Gasteiger partial charge is 0.257 e. The van der Waals surface area contributed by atoms with Crippen LogP contribution in [0.25, 0.3) is 11.3 Å². The molecule has 1 N–H and O–H groups in total. The number of rotatable bonds is 6. The lowest BCUT2D eigenvalue weighted by molar-refractivity contribution is 0.102. The van der Waals surface area contributed by atoms with Crippen molar-refractivity contribution < 1.29 is 22.7 Å². The molecule has 168 valence electrons. The first-order valence-corrected chi connectivity index (χ1v) is 12.3. The van der Waals surface area contributed by atoms with Crippen LogP contribution >= 0.6 is 11.3 Å². The number of carbonyl (C=O) groups is 1. The van der Waals surface area contributed by atoms with Gasteiger partial charge in [0.25, 0.3) is 5.91 Å². The van der Waals surface area contributed by atoms with Crippen LogP contribution in [0.3, 0.4) is 0 Å². The predicted molar refractivity (Wildman–Crippen MR) is 123 cm³/mol. The Morgan fingerprint density at radius 3 is 2.47 bits per heavy atom. The minimum Gasteiger partial charge on any atom is -0.486 e. The third kappa shape index (κ3) is 4.47. The first-order chi connectivity index (χ1) is 15.3. The van der Waals surface area contributed by atoms with Crippen molar-refractivity contribution in [3.63, 3.8) is 0 Å². The summed E-state index contributed by atoms with van der Waals surface area (Å²) in [6.07, 6.45) is 0. The van der Waals surface area contributed by atoms with Crippen LogP contribution in [0.5, 0.6) is 11.5 Å². The topological polar surface area (TPSA) is 97.8 Å². The number of amides is 1. The van der Waals surface area contributed by atoms with Crippen molar-refractivity contribution in [1.29, 1.82) is 0 Å². The average Bonchev–Trinajstić information content (AvgIpc) is 3.26. The molecule has 4 rings (SSSR count). The van der Waals surface area contributed by atoms with Crippen LogP contribution in [0, 0.1) is 0 Å². The van der Waals surface area contributed by atoms with E-state index in [4.69, 9.17) is 9.47 Å². The standard InChI is InChI=1S/C22H23N3O5S2/c1-14(2)25(3)32(27,28)17-7-4-15(5-8-17)21(26)24-22-23-18(13-31-22)16-6-9-19-20(12-16)30-11-10-29-19/h4-9,12-14H,10-11H2,1-3H3,(H,23,24,26). The van der Waals surface area contributed by atoms with Crippen LogP contribution in [-0.4, -0.2) is 49.9 Å². The van der Waals surface area contributed by atoms with E-state index in [1.165, 1.54) is 47.0 Å². The van der Waals surface area contributed by atoms with E-state index in [2.05, 4.69) is 10.3 Å². The number of sulfonamides is 1. The summed E-state index contributed by atoms with van der Waals surface area (Å²) in [6, 6.07) is 11.3. The lowest BCUT2D eigenvalue weighted by atomic mass is 10.1. The molecule has 1 aliphatic heterocycles. The average molecular weight is 474 g/mol. The fourth-order valence-corrected chi connectivity index (χ4v) is 5.14. The van der Waals surface area contributed by atoms with Gasteiger partial charge in [0.1, 0.15) is 13.2 Å². The second-order valence-electron chi connectivity index (χ2n) is 7.49. The fourth-order valence-electron chi connectivity index (χ4n) is 3.06. The molecule has 0 bridgehead atoms. The van der Waals surface area contributed by atoms with Gasteiger partial charge in [0.05, 0.1) is 10.6 Å². The van der Waals surface area contributed by atoms with Crippen molar-refractivity contribution in [2.45, 2.75) is 24.8 Å². The normalized spacial score (nSPS) is 13.4. The Kier molecular flexibility index (Phi) is 6.18. The zero-order chi connectivity index (χ0) is 22.9. The number of nitrogens with one attached hydrogen (secondary N) is 1. The van der Waals surface area contributed by atoms with E-state index in [0.29, 0.717) is 41.1 Å². The van der Waals surface area contributed by atoms with Gasteiger partial charge in [0.2, 0.25) is 10.0 Å². The Hall–Kier alpha value is -2.95. The van der Waals surface area contributed by atoms with Gasteiger partial charge in [-0.2, -0.15) is 4.31 Å². The molecule has 0 atom stereocenters. The van der Waals surface area contributed by atoms with Crippen molar-refractivity contribution in [3.8, 4) is 22.8 Å². The molecule has 0 unspecified atom stereocenters. The highest BCUT2D eigenvalue weighted by Crippen LogP contribution is 2.35. The number of aromatic nitrogens is 1. The number of ether oxygens (including phenoxy) is 2. The molecule has 2 aromatic carbocycles. The van der Waals surface area contributed by atoms with Crippen LogP contribution in [-0.2, 0) is 10.0 Å². The summed E-state index contributed by atoms with van der Waals surface area (Å²) in [5, 5.41) is 5.05. The lowest BCUT2D eigenvalue weighted by Crippen LogP contribution is -2.33. The summed E-state index contributed by atoms with van der Waals surface area (Å²) < 4.78 is 37.6. The first-order valence-electron chi connectivity index (χ1n) is 10.0. The van der Waals surface area contributed by atoms with Crippen LogP contribution in [0.15, 0.2) is 52.7 Å².